The largest absolute Gasteiger partial charge is 0.480 e. The molecular formula is C4H9LiNO2. The number of nitrogens with two attached hydrogens (primary N) is 1. The molecule has 8 heavy (non-hydrogen) atoms. The molecule has 0 fully saturated rings. The van der Waals surface area contributed by atoms with E-state index in [2.05, 4.69) is 0 Å². The van der Waals surface area contributed by atoms with Crippen molar-refractivity contribution in [3.05, 3.63) is 0 Å². The van der Waals surface area contributed by atoms with Gasteiger partial charge in [0.2, 0.25) is 0 Å². The first-order chi connectivity index (χ1) is 3.18. The van der Waals surface area contributed by atoms with Crippen LogP contribution in [0.1, 0.15) is 13.3 Å². The van der Waals surface area contributed by atoms with E-state index in [0.29, 0.717) is 6.42 Å². The number of carbonyl (C=O) groups is 1. The van der Waals surface area contributed by atoms with E-state index >= 15 is 0 Å². The Morgan fingerprint density at radius 1 is 1.88 bits per heavy atom. The van der Waals surface area contributed by atoms with Crippen LogP contribution >= 0.6 is 0 Å². The van der Waals surface area contributed by atoms with Gasteiger partial charge in [-0.15, -0.1) is 0 Å². The molecule has 0 aliphatic carbocycles. The van der Waals surface area contributed by atoms with E-state index in [1.54, 1.807) is 6.92 Å². The van der Waals surface area contributed by atoms with E-state index in [1.807, 2.05) is 0 Å². The van der Waals surface area contributed by atoms with Crippen LogP contribution in [0.25, 0.3) is 0 Å². The Balaban J connectivity index is 0. The second kappa shape index (κ2) is 5.17. The monoisotopic (exact) mass is 110 g/mol. The number of carboxylic acids is 1. The molecule has 0 amide bonds. The summed E-state index contributed by atoms with van der Waals surface area (Å²) in [4.78, 5) is 9.81. The van der Waals surface area contributed by atoms with E-state index in [9.17, 15) is 4.79 Å². The first-order valence-electron chi connectivity index (χ1n) is 2.17. The SMILES string of the molecule is CCC(N)C(=O)O.[Li]. The average Bonchev–Trinajstić information content (AvgIpc) is 1.65. The molecule has 3 nitrogen and oxygen atoms in total. The van der Waals surface area contributed by atoms with Crippen molar-refractivity contribution in [2.24, 2.45) is 5.73 Å². The summed E-state index contributed by atoms with van der Waals surface area (Å²) in [6.45, 7) is 1.73. The smallest absolute Gasteiger partial charge is 0.320 e. The molecule has 0 spiro atoms. The molecule has 4 heteroatoms. The molecule has 0 aliphatic heterocycles. The molecule has 0 bridgehead atoms. The van der Waals surface area contributed by atoms with Crippen LogP contribution in [0.15, 0.2) is 0 Å². The molecule has 0 aliphatic rings. The van der Waals surface area contributed by atoms with E-state index in [1.165, 1.54) is 0 Å². The van der Waals surface area contributed by atoms with Gasteiger partial charge in [-0.05, 0) is 6.42 Å². The molecule has 0 aromatic heterocycles. The topological polar surface area (TPSA) is 63.3 Å². The quantitative estimate of drug-likeness (QED) is 0.468. The van der Waals surface area contributed by atoms with Gasteiger partial charge in [0.05, 0.1) is 0 Å². The Morgan fingerprint density at radius 2 is 2.25 bits per heavy atom. The molecule has 3 N–H and O–H groups in total. The standard InChI is InChI=1S/C4H9NO2.Li/c1-2-3(5)4(6)7;/h3H,2,5H2,1H3,(H,6,7);. The van der Waals surface area contributed by atoms with Crippen LogP contribution in [-0.2, 0) is 4.79 Å². The molecule has 0 rings (SSSR count). The molecule has 0 heterocycles. The molecule has 0 saturated heterocycles. The Labute approximate surface area is 60.4 Å². The van der Waals surface area contributed by atoms with Gasteiger partial charge in [-0.1, -0.05) is 6.92 Å². The third-order valence-electron chi connectivity index (χ3n) is 0.757. The van der Waals surface area contributed by atoms with E-state index < -0.39 is 12.0 Å². The Hall–Kier alpha value is 0.0274. The average molecular weight is 110 g/mol. The summed E-state index contributed by atoms with van der Waals surface area (Å²) in [5.41, 5.74) is 5.02. The van der Waals surface area contributed by atoms with Crippen molar-refractivity contribution in [3.8, 4) is 0 Å². The van der Waals surface area contributed by atoms with Gasteiger partial charge in [0.15, 0.2) is 0 Å². The van der Waals surface area contributed by atoms with Gasteiger partial charge >= 0.3 is 5.97 Å². The number of aliphatic carboxylic acids is 1. The van der Waals surface area contributed by atoms with Crippen molar-refractivity contribution in [3.63, 3.8) is 0 Å². The van der Waals surface area contributed by atoms with Crippen LogP contribution in [0.5, 0.6) is 0 Å². The molecule has 0 aromatic rings. The summed E-state index contributed by atoms with van der Waals surface area (Å²) < 4.78 is 0. The van der Waals surface area contributed by atoms with Crippen LogP contribution in [0, 0.1) is 0 Å². The van der Waals surface area contributed by atoms with Gasteiger partial charge < -0.3 is 10.8 Å². The number of hydrogen-bond donors (Lipinski definition) is 2. The fourth-order valence-electron chi connectivity index (χ4n) is 0.175. The summed E-state index contributed by atoms with van der Waals surface area (Å²) in [6.07, 6.45) is 0.495. The zero-order valence-electron chi connectivity index (χ0n) is 5.22. The number of rotatable bonds is 2. The summed E-state index contributed by atoms with van der Waals surface area (Å²) in [6, 6.07) is -0.681. The van der Waals surface area contributed by atoms with Crippen molar-refractivity contribution in [1.82, 2.24) is 0 Å². The van der Waals surface area contributed by atoms with Crippen molar-refractivity contribution in [2.45, 2.75) is 19.4 Å². The Morgan fingerprint density at radius 3 is 2.25 bits per heavy atom. The maximum atomic E-state index is 9.81. The minimum atomic E-state index is -0.928. The minimum absolute atomic E-state index is 0. The zero-order chi connectivity index (χ0) is 5.86. The normalized spacial score (nSPS) is 11.8. The van der Waals surface area contributed by atoms with Crippen molar-refractivity contribution >= 4 is 24.8 Å². The van der Waals surface area contributed by atoms with E-state index in [0.717, 1.165) is 0 Å². The van der Waals surface area contributed by atoms with Crippen LogP contribution in [-0.4, -0.2) is 36.0 Å². The number of hydrogen-bond acceptors (Lipinski definition) is 2. The van der Waals surface area contributed by atoms with Crippen LogP contribution < -0.4 is 5.73 Å². The van der Waals surface area contributed by atoms with E-state index in [4.69, 9.17) is 10.8 Å². The van der Waals surface area contributed by atoms with Gasteiger partial charge in [0, 0.05) is 18.9 Å². The van der Waals surface area contributed by atoms with Crippen molar-refractivity contribution in [1.29, 1.82) is 0 Å². The molecule has 1 radical (unpaired) electrons. The van der Waals surface area contributed by atoms with Crippen LogP contribution in [0.4, 0.5) is 0 Å². The molecule has 43 valence electrons. The predicted molar refractivity (Wildman–Crippen MR) is 31.7 cm³/mol. The first-order valence-corrected chi connectivity index (χ1v) is 2.17. The molecular weight excluding hydrogens is 101 g/mol. The maximum absolute atomic E-state index is 9.81. The van der Waals surface area contributed by atoms with Crippen LogP contribution in [0.2, 0.25) is 0 Å². The number of carboxylic acid groups (broad SMARTS) is 1. The molecule has 1 atom stereocenters. The van der Waals surface area contributed by atoms with Gasteiger partial charge in [-0.3, -0.25) is 4.79 Å². The second-order valence-electron chi connectivity index (χ2n) is 1.35. The predicted octanol–water partition coefficient (Wildman–Crippen LogP) is -0.573. The Kier molecular flexibility index (Phi) is 7.05. The van der Waals surface area contributed by atoms with Gasteiger partial charge in [0.25, 0.3) is 0 Å². The summed E-state index contributed by atoms with van der Waals surface area (Å²) >= 11 is 0. The Bertz CT molecular complexity index is 76.4. The molecule has 0 saturated carbocycles. The fraction of sp³-hybridized carbons (Fsp3) is 0.750. The summed E-state index contributed by atoms with van der Waals surface area (Å²) in [7, 11) is 0. The van der Waals surface area contributed by atoms with Gasteiger partial charge in [-0.2, -0.15) is 0 Å². The van der Waals surface area contributed by atoms with Crippen molar-refractivity contribution < 1.29 is 9.90 Å². The van der Waals surface area contributed by atoms with Crippen LogP contribution in [0.3, 0.4) is 0 Å². The third kappa shape index (κ3) is 4.19. The summed E-state index contributed by atoms with van der Waals surface area (Å²) in [5, 5.41) is 8.06. The zero-order valence-corrected chi connectivity index (χ0v) is 5.22. The first kappa shape index (κ1) is 10.9. The second-order valence-corrected chi connectivity index (χ2v) is 1.35. The fourth-order valence-corrected chi connectivity index (χ4v) is 0.175. The minimum Gasteiger partial charge on any atom is -0.480 e. The van der Waals surface area contributed by atoms with Gasteiger partial charge in [-0.25, -0.2) is 0 Å². The molecule has 1 unspecified atom stereocenters. The summed E-state index contributed by atoms with van der Waals surface area (Å²) in [5.74, 6) is -0.928. The maximum Gasteiger partial charge on any atom is 0.320 e. The van der Waals surface area contributed by atoms with E-state index in [-0.39, 0.29) is 18.9 Å². The van der Waals surface area contributed by atoms with Crippen molar-refractivity contribution in [2.75, 3.05) is 0 Å². The third-order valence-corrected chi connectivity index (χ3v) is 0.757. The van der Waals surface area contributed by atoms with Gasteiger partial charge in [0.1, 0.15) is 6.04 Å². The molecule has 0 aromatic carbocycles.